The molecule has 0 bridgehead atoms. The number of hydrogen-bond acceptors (Lipinski definition) is 3. The van der Waals surface area contributed by atoms with Crippen molar-refractivity contribution in [1.82, 2.24) is 10.2 Å². The lowest BCUT2D eigenvalue weighted by atomic mass is 9.88. The molecule has 2 fully saturated rings. The Morgan fingerprint density at radius 2 is 1.76 bits per heavy atom. The SMILES string of the molecule is O=C(NC1CCN(CCOc2ccc(F)cc2)CC1)C1CCCCC1. The van der Waals surface area contributed by atoms with E-state index in [0.717, 1.165) is 45.3 Å². The first-order valence-electron chi connectivity index (χ1n) is 9.62. The van der Waals surface area contributed by atoms with Crippen molar-refractivity contribution in [3.8, 4) is 5.75 Å². The second kappa shape index (κ2) is 9.18. The number of piperidine rings is 1. The van der Waals surface area contributed by atoms with Gasteiger partial charge in [-0.1, -0.05) is 19.3 Å². The van der Waals surface area contributed by atoms with E-state index >= 15 is 0 Å². The summed E-state index contributed by atoms with van der Waals surface area (Å²) in [5.41, 5.74) is 0. The Hall–Kier alpha value is -1.62. The minimum atomic E-state index is -0.246. The molecule has 1 aliphatic carbocycles. The normalized spacial score (nSPS) is 20.4. The summed E-state index contributed by atoms with van der Waals surface area (Å²) in [4.78, 5) is 14.7. The summed E-state index contributed by atoms with van der Waals surface area (Å²) in [6.07, 6.45) is 7.82. The molecular formula is C20H29FN2O2. The number of rotatable bonds is 6. The molecule has 0 atom stereocenters. The minimum Gasteiger partial charge on any atom is -0.492 e. The van der Waals surface area contributed by atoms with Crippen LogP contribution in [0.4, 0.5) is 4.39 Å². The van der Waals surface area contributed by atoms with Gasteiger partial charge in [-0.05, 0) is 49.9 Å². The van der Waals surface area contributed by atoms with Crippen molar-refractivity contribution in [3.63, 3.8) is 0 Å². The molecule has 1 heterocycles. The molecule has 0 spiro atoms. The summed E-state index contributed by atoms with van der Waals surface area (Å²) in [5, 5.41) is 3.26. The summed E-state index contributed by atoms with van der Waals surface area (Å²) >= 11 is 0. The van der Waals surface area contributed by atoms with Gasteiger partial charge < -0.3 is 10.1 Å². The van der Waals surface area contributed by atoms with Gasteiger partial charge in [0.2, 0.25) is 5.91 Å². The fourth-order valence-electron chi connectivity index (χ4n) is 3.81. The number of likely N-dealkylation sites (tertiary alicyclic amines) is 1. The summed E-state index contributed by atoms with van der Waals surface area (Å²) in [7, 11) is 0. The molecule has 1 amide bonds. The topological polar surface area (TPSA) is 41.6 Å². The van der Waals surface area contributed by atoms with Gasteiger partial charge in [-0.2, -0.15) is 0 Å². The molecule has 0 aromatic heterocycles. The number of halogens is 1. The lowest BCUT2D eigenvalue weighted by Gasteiger charge is -2.33. The van der Waals surface area contributed by atoms with Gasteiger partial charge in [-0.25, -0.2) is 4.39 Å². The van der Waals surface area contributed by atoms with Crippen LogP contribution in [0.25, 0.3) is 0 Å². The third kappa shape index (κ3) is 5.70. The van der Waals surface area contributed by atoms with E-state index in [1.807, 2.05) is 0 Å². The van der Waals surface area contributed by atoms with Crippen molar-refractivity contribution >= 4 is 5.91 Å². The third-order valence-electron chi connectivity index (χ3n) is 5.40. The maximum absolute atomic E-state index is 12.9. The van der Waals surface area contributed by atoms with E-state index in [0.29, 0.717) is 18.4 Å². The first kappa shape index (κ1) is 18.2. The molecule has 3 rings (SSSR count). The van der Waals surface area contributed by atoms with Gasteiger partial charge in [0.1, 0.15) is 18.2 Å². The van der Waals surface area contributed by atoms with Crippen LogP contribution in [0, 0.1) is 11.7 Å². The highest BCUT2D eigenvalue weighted by Gasteiger charge is 2.25. The Kier molecular flexibility index (Phi) is 6.68. The van der Waals surface area contributed by atoms with Crippen LogP contribution in [0.5, 0.6) is 5.75 Å². The molecule has 0 unspecified atom stereocenters. The van der Waals surface area contributed by atoms with Crippen molar-refractivity contribution in [3.05, 3.63) is 30.1 Å². The monoisotopic (exact) mass is 348 g/mol. The van der Waals surface area contributed by atoms with Crippen molar-refractivity contribution < 1.29 is 13.9 Å². The summed E-state index contributed by atoms with van der Waals surface area (Å²) in [6, 6.07) is 6.46. The Morgan fingerprint density at radius 1 is 1.08 bits per heavy atom. The van der Waals surface area contributed by atoms with Crippen molar-refractivity contribution in [1.29, 1.82) is 0 Å². The standard InChI is InChI=1S/C20H29FN2O2/c21-17-6-8-19(9-7-17)25-15-14-23-12-10-18(11-13-23)22-20(24)16-4-2-1-3-5-16/h6-9,16,18H,1-5,10-15H2,(H,22,24). The Labute approximate surface area is 149 Å². The van der Waals surface area contributed by atoms with Gasteiger partial charge in [0.15, 0.2) is 0 Å². The van der Waals surface area contributed by atoms with Crippen LogP contribution in [-0.4, -0.2) is 43.1 Å². The zero-order valence-electron chi connectivity index (χ0n) is 14.9. The van der Waals surface area contributed by atoms with Crippen molar-refractivity contribution in [2.75, 3.05) is 26.2 Å². The molecule has 4 nitrogen and oxygen atoms in total. The van der Waals surface area contributed by atoms with Crippen LogP contribution in [0.1, 0.15) is 44.9 Å². The zero-order valence-corrected chi connectivity index (χ0v) is 14.9. The molecule has 2 aliphatic rings. The number of nitrogens with zero attached hydrogens (tertiary/aromatic N) is 1. The van der Waals surface area contributed by atoms with Gasteiger partial charge in [-0.3, -0.25) is 9.69 Å². The number of amides is 1. The molecular weight excluding hydrogens is 319 g/mol. The third-order valence-corrected chi connectivity index (χ3v) is 5.40. The smallest absolute Gasteiger partial charge is 0.223 e. The van der Waals surface area contributed by atoms with Gasteiger partial charge in [0.05, 0.1) is 0 Å². The van der Waals surface area contributed by atoms with Crippen LogP contribution in [-0.2, 0) is 4.79 Å². The Bertz CT molecular complexity index is 535. The molecule has 1 saturated heterocycles. The molecule has 25 heavy (non-hydrogen) atoms. The number of carbonyl (C=O) groups excluding carboxylic acids is 1. The second-order valence-corrected chi connectivity index (χ2v) is 7.26. The molecule has 1 aromatic rings. The highest BCUT2D eigenvalue weighted by atomic mass is 19.1. The van der Waals surface area contributed by atoms with E-state index in [1.54, 1.807) is 12.1 Å². The first-order valence-corrected chi connectivity index (χ1v) is 9.62. The maximum Gasteiger partial charge on any atom is 0.223 e. The maximum atomic E-state index is 12.9. The van der Waals surface area contributed by atoms with E-state index in [-0.39, 0.29) is 17.6 Å². The second-order valence-electron chi connectivity index (χ2n) is 7.26. The number of carbonyl (C=O) groups is 1. The van der Waals surface area contributed by atoms with E-state index in [2.05, 4.69) is 10.2 Å². The van der Waals surface area contributed by atoms with Crippen molar-refractivity contribution in [2.45, 2.75) is 51.0 Å². The number of nitrogens with one attached hydrogen (secondary N) is 1. The van der Waals surface area contributed by atoms with E-state index in [9.17, 15) is 9.18 Å². The predicted molar refractivity (Wildman–Crippen MR) is 96.1 cm³/mol. The predicted octanol–water partition coefficient (Wildman–Crippen LogP) is 3.37. The average Bonchev–Trinajstić information content (AvgIpc) is 2.65. The summed E-state index contributed by atoms with van der Waals surface area (Å²) in [5.74, 6) is 0.981. The number of hydrogen-bond donors (Lipinski definition) is 1. The zero-order chi connectivity index (χ0) is 17.5. The molecule has 5 heteroatoms. The van der Waals surface area contributed by atoms with Gasteiger partial charge in [0, 0.05) is 31.6 Å². The number of benzene rings is 1. The van der Waals surface area contributed by atoms with Crippen LogP contribution < -0.4 is 10.1 Å². The van der Waals surface area contributed by atoms with E-state index in [4.69, 9.17) is 4.74 Å². The van der Waals surface area contributed by atoms with E-state index < -0.39 is 0 Å². The fraction of sp³-hybridized carbons (Fsp3) is 0.650. The minimum absolute atomic E-state index is 0.246. The molecule has 1 aromatic carbocycles. The lowest BCUT2D eigenvalue weighted by Crippen LogP contribution is -2.47. The lowest BCUT2D eigenvalue weighted by molar-refractivity contribution is -0.127. The molecule has 1 N–H and O–H groups in total. The number of ether oxygens (including phenoxy) is 1. The van der Waals surface area contributed by atoms with E-state index in [1.165, 1.54) is 31.4 Å². The summed E-state index contributed by atoms with van der Waals surface area (Å²) in [6.45, 7) is 3.44. The van der Waals surface area contributed by atoms with Crippen LogP contribution in [0.15, 0.2) is 24.3 Å². The molecule has 1 aliphatic heterocycles. The fourth-order valence-corrected chi connectivity index (χ4v) is 3.81. The van der Waals surface area contributed by atoms with Gasteiger partial charge in [-0.15, -0.1) is 0 Å². The Balaban J connectivity index is 1.31. The van der Waals surface area contributed by atoms with Crippen molar-refractivity contribution in [2.24, 2.45) is 5.92 Å². The molecule has 1 saturated carbocycles. The van der Waals surface area contributed by atoms with Crippen LogP contribution in [0.3, 0.4) is 0 Å². The Morgan fingerprint density at radius 3 is 2.44 bits per heavy atom. The molecule has 0 radical (unpaired) electrons. The van der Waals surface area contributed by atoms with Crippen LogP contribution in [0.2, 0.25) is 0 Å². The summed E-state index contributed by atoms with van der Waals surface area (Å²) < 4.78 is 18.5. The highest BCUT2D eigenvalue weighted by molar-refractivity contribution is 5.79. The van der Waals surface area contributed by atoms with Gasteiger partial charge in [0.25, 0.3) is 0 Å². The molecule has 138 valence electrons. The highest BCUT2D eigenvalue weighted by Crippen LogP contribution is 2.24. The van der Waals surface area contributed by atoms with Gasteiger partial charge >= 0.3 is 0 Å². The quantitative estimate of drug-likeness (QED) is 0.857. The average molecular weight is 348 g/mol. The first-order chi connectivity index (χ1) is 12.2. The largest absolute Gasteiger partial charge is 0.492 e. The van der Waals surface area contributed by atoms with Crippen LogP contribution >= 0.6 is 0 Å².